The van der Waals surface area contributed by atoms with Crippen LogP contribution in [-0.2, 0) is 4.79 Å². The summed E-state index contributed by atoms with van der Waals surface area (Å²) in [4.78, 5) is 23.5. The minimum absolute atomic E-state index is 0.104. The van der Waals surface area contributed by atoms with Crippen LogP contribution < -0.4 is 15.1 Å². The van der Waals surface area contributed by atoms with E-state index in [4.69, 9.17) is 0 Å². The second-order valence-corrected chi connectivity index (χ2v) is 7.17. The van der Waals surface area contributed by atoms with Crippen LogP contribution in [0.4, 0.5) is 11.5 Å². The van der Waals surface area contributed by atoms with Gasteiger partial charge in [0.15, 0.2) is 0 Å². The Balaban J connectivity index is 1.38. The first-order valence-electron chi connectivity index (χ1n) is 10.1. The molecule has 6 nitrogen and oxygen atoms in total. The predicted octanol–water partition coefficient (Wildman–Crippen LogP) is 2.15. The van der Waals surface area contributed by atoms with Crippen molar-refractivity contribution in [3.8, 4) is 0 Å². The summed E-state index contributed by atoms with van der Waals surface area (Å²) in [5, 5.41) is 3.08. The van der Waals surface area contributed by atoms with Gasteiger partial charge in [0.1, 0.15) is 5.82 Å². The van der Waals surface area contributed by atoms with Crippen molar-refractivity contribution in [2.45, 2.75) is 13.8 Å². The number of nitrogens with one attached hydrogen (secondary N) is 1. The Labute approximate surface area is 168 Å². The fourth-order valence-electron chi connectivity index (χ4n) is 3.63. The number of para-hydroxylation sites is 1. The van der Waals surface area contributed by atoms with E-state index in [0.29, 0.717) is 13.1 Å². The van der Waals surface area contributed by atoms with Crippen LogP contribution in [0.1, 0.15) is 12.5 Å². The van der Waals surface area contributed by atoms with Gasteiger partial charge in [0.05, 0.1) is 6.54 Å². The average molecular weight is 382 g/mol. The van der Waals surface area contributed by atoms with E-state index < -0.39 is 0 Å². The third-order valence-electron chi connectivity index (χ3n) is 5.25. The molecule has 1 amide bonds. The molecule has 3 rings (SSSR count). The van der Waals surface area contributed by atoms with E-state index >= 15 is 0 Å². The summed E-state index contributed by atoms with van der Waals surface area (Å²) in [7, 11) is 0. The lowest BCUT2D eigenvalue weighted by molar-refractivity contribution is -0.122. The van der Waals surface area contributed by atoms with E-state index in [9.17, 15) is 4.79 Å². The maximum absolute atomic E-state index is 12.3. The summed E-state index contributed by atoms with van der Waals surface area (Å²) in [6.07, 6.45) is 1.83. The molecular formula is C22H31N5O. The number of pyridine rings is 1. The Morgan fingerprint density at radius 1 is 1.11 bits per heavy atom. The highest BCUT2D eigenvalue weighted by molar-refractivity contribution is 5.78. The topological polar surface area (TPSA) is 51.7 Å². The highest BCUT2D eigenvalue weighted by Crippen LogP contribution is 2.18. The normalized spacial score (nSPS) is 14.7. The number of likely N-dealkylation sites (N-methyl/N-ethyl adjacent to an activating group) is 1. The van der Waals surface area contributed by atoms with Gasteiger partial charge in [0, 0.05) is 57.7 Å². The second kappa shape index (κ2) is 10.1. The lowest BCUT2D eigenvalue weighted by atomic mass is 10.2. The zero-order valence-corrected chi connectivity index (χ0v) is 17.0. The monoisotopic (exact) mass is 381 g/mol. The summed E-state index contributed by atoms with van der Waals surface area (Å²) in [5.74, 6) is 1.12. The van der Waals surface area contributed by atoms with Gasteiger partial charge in [-0.3, -0.25) is 9.69 Å². The molecule has 0 bridgehead atoms. The number of nitrogens with zero attached hydrogens (tertiary/aromatic N) is 4. The summed E-state index contributed by atoms with van der Waals surface area (Å²) in [6.45, 7) is 10.7. The Bertz CT molecular complexity index is 744. The van der Waals surface area contributed by atoms with Gasteiger partial charge in [0.2, 0.25) is 5.91 Å². The Morgan fingerprint density at radius 2 is 1.86 bits per heavy atom. The Morgan fingerprint density at radius 3 is 2.54 bits per heavy atom. The quantitative estimate of drug-likeness (QED) is 0.759. The van der Waals surface area contributed by atoms with Crippen LogP contribution in [0.2, 0.25) is 0 Å². The first-order valence-corrected chi connectivity index (χ1v) is 10.1. The van der Waals surface area contributed by atoms with Crippen molar-refractivity contribution >= 4 is 17.4 Å². The maximum atomic E-state index is 12.3. The lowest BCUT2D eigenvalue weighted by Gasteiger charge is -2.35. The third-order valence-corrected chi connectivity index (χ3v) is 5.25. The number of benzene rings is 1. The molecule has 1 aromatic carbocycles. The molecule has 1 aromatic heterocycles. The molecule has 1 saturated heterocycles. The van der Waals surface area contributed by atoms with Crippen molar-refractivity contribution in [2.75, 3.05) is 62.2 Å². The number of hydrogen-bond donors (Lipinski definition) is 1. The summed E-state index contributed by atoms with van der Waals surface area (Å²) < 4.78 is 0. The largest absolute Gasteiger partial charge is 0.370 e. The lowest BCUT2D eigenvalue weighted by Crippen LogP contribution is -2.50. The highest BCUT2D eigenvalue weighted by atomic mass is 16.2. The van der Waals surface area contributed by atoms with E-state index in [1.165, 1.54) is 11.3 Å². The number of amides is 1. The number of carbonyl (C=O) groups excluding carboxylic acids is 1. The summed E-state index contributed by atoms with van der Waals surface area (Å²) in [6, 6.07) is 14.4. The number of anilines is 2. The summed E-state index contributed by atoms with van der Waals surface area (Å²) >= 11 is 0. The van der Waals surface area contributed by atoms with Crippen molar-refractivity contribution < 1.29 is 4.79 Å². The molecule has 0 aliphatic carbocycles. The molecule has 1 aliphatic heterocycles. The van der Waals surface area contributed by atoms with Crippen LogP contribution in [0.5, 0.6) is 0 Å². The van der Waals surface area contributed by atoms with Crippen LogP contribution in [0.3, 0.4) is 0 Å². The van der Waals surface area contributed by atoms with Gasteiger partial charge in [-0.05, 0) is 37.6 Å². The van der Waals surface area contributed by atoms with Gasteiger partial charge < -0.3 is 15.1 Å². The molecule has 1 N–H and O–H groups in total. The first kappa shape index (κ1) is 20.1. The van der Waals surface area contributed by atoms with Gasteiger partial charge in [-0.15, -0.1) is 0 Å². The molecule has 1 aliphatic rings. The van der Waals surface area contributed by atoms with E-state index in [0.717, 1.165) is 45.1 Å². The van der Waals surface area contributed by atoms with Crippen molar-refractivity contribution in [3.63, 3.8) is 0 Å². The van der Waals surface area contributed by atoms with Crippen molar-refractivity contribution in [2.24, 2.45) is 0 Å². The highest BCUT2D eigenvalue weighted by Gasteiger charge is 2.19. The molecule has 28 heavy (non-hydrogen) atoms. The third kappa shape index (κ3) is 5.45. The Kier molecular flexibility index (Phi) is 7.25. The molecule has 0 radical (unpaired) electrons. The molecular weight excluding hydrogens is 350 g/mol. The molecule has 2 heterocycles. The van der Waals surface area contributed by atoms with Crippen LogP contribution in [0.15, 0.2) is 48.7 Å². The van der Waals surface area contributed by atoms with E-state index in [-0.39, 0.29) is 5.91 Å². The van der Waals surface area contributed by atoms with Crippen LogP contribution in [0.25, 0.3) is 0 Å². The average Bonchev–Trinajstić information content (AvgIpc) is 2.73. The number of aromatic nitrogens is 1. The number of rotatable bonds is 8. The minimum atomic E-state index is 0.104. The SMILES string of the molecule is CCN(CCNC(=O)CN1CCN(c2ccccn2)CC1)c1ccccc1C. The molecule has 6 heteroatoms. The van der Waals surface area contributed by atoms with Crippen LogP contribution in [-0.4, -0.2) is 68.1 Å². The first-order chi connectivity index (χ1) is 13.7. The number of aryl methyl sites for hydroxylation is 1. The molecule has 0 saturated carbocycles. The second-order valence-electron chi connectivity index (χ2n) is 7.17. The number of hydrogen-bond acceptors (Lipinski definition) is 5. The fourth-order valence-corrected chi connectivity index (χ4v) is 3.63. The number of carbonyl (C=O) groups is 1. The predicted molar refractivity (Wildman–Crippen MR) is 115 cm³/mol. The van der Waals surface area contributed by atoms with E-state index in [1.54, 1.807) is 0 Å². The van der Waals surface area contributed by atoms with E-state index in [2.05, 4.69) is 63.1 Å². The maximum Gasteiger partial charge on any atom is 0.234 e. The van der Waals surface area contributed by atoms with Gasteiger partial charge in [0.25, 0.3) is 0 Å². The molecule has 0 atom stereocenters. The summed E-state index contributed by atoms with van der Waals surface area (Å²) in [5.41, 5.74) is 2.51. The zero-order chi connectivity index (χ0) is 19.8. The fraction of sp³-hybridized carbons (Fsp3) is 0.455. The van der Waals surface area contributed by atoms with Gasteiger partial charge in [-0.1, -0.05) is 24.3 Å². The van der Waals surface area contributed by atoms with Gasteiger partial charge >= 0.3 is 0 Å². The molecule has 150 valence electrons. The molecule has 0 unspecified atom stereocenters. The van der Waals surface area contributed by atoms with Crippen LogP contribution in [0, 0.1) is 6.92 Å². The van der Waals surface area contributed by atoms with Crippen molar-refractivity contribution in [3.05, 3.63) is 54.2 Å². The molecule has 0 spiro atoms. The minimum Gasteiger partial charge on any atom is -0.370 e. The van der Waals surface area contributed by atoms with Gasteiger partial charge in [-0.2, -0.15) is 0 Å². The zero-order valence-electron chi connectivity index (χ0n) is 17.0. The molecule has 2 aromatic rings. The Hall–Kier alpha value is -2.60. The van der Waals surface area contributed by atoms with Crippen molar-refractivity contribution in [1.82, 2.24) is 15.2 Å². The van der Waals surface area contributed by atoms with Crippen molar-refractivity contribution in [1.29, 1.82) is 0 Å². The van der Waals surface area contributed by atoms with E-state index in [1.807, 2.05) is 24.4 Å². The molecule has 1 fully saturated rings. The van der Waals surface area contributed by atoms with Crippen LogP contribution >= 0.6 is 0 Å². The van der Waals surface area contributed by atoms with Gasteiger partial charge in [-0.25, -0.2) is 4.98 Å². The smallest absolute Gasteiger partial charge is 0.234 e. The standard InChI is InChI=1S/C22H31N5O/c1-3-26(20-9-5-4-8-19(20)2)13-12-24-22(28)18-25-14-16-27(17-15-25)21-10-6-7-11-23-21/h4-11H,3,12-18H2,1-2H3,(H,24,28). The number of piperazine rings is 1.